The third-order valence-corrected chi connectivity index (χ3v) is 7.89. The van der Waals surface area contributed by atoms with Gasteiger partial charge in [0.2, 0.25) is 0 Å². The van der Waals surface area contributed by atoms with Crippen molar-refractivity contribution in [3.63, 3.8) is 0 Å². The van der Waals surface area contributed by atoms with Crippen LogP contribution in [-0.2, 0) is 0 Å². The molecule has 0 amide bonds. The number of nitrogens with zero attached hydrogens (tertiary/aromatic N) is 4. The number of hydrogen-bond donors (Lipinski definition) is 0. The molecule has 4 nitrogen and oxygen atoms in total. The molecule has 1 aromatic carbocycles. The van der Waals surface area contributed by atoms with Crippen LogP contribution in [0, 0.1) is 20.8 Å². The number of thioether (sulfide) groups is 1. The molecule has 0 radical (unpaired) electrons. The molecule has 0 aliphatic carbocycles. The van der Waals surface area contributed by atoms with E-state index in [9.17, 15) is 0 Å². The van der Waals surface area contributed by atoms with Crippen molar-refractivity contribution in [2.45, 2.75) is 52.2 Å². The summed E-state index contributed by atoms with van der Waals surface area (Å²) in [6.45, 7) is 8.82. The Kier molecular flexibility index (Phi) is 5.35. The molecule has 2 aliphatic heterocycles. The Morgan fingerprint density at radius 1 is 1.13 bits per heavy atom. The molecule has 0 unspecified atom stereocenters. The molecule has 1 saturated heterocycles. The largest absolute Gasteiger partial charge is 0.338 e. The van der Waals surface area contributed by atoms with Crippen molar-refractivity contribution in [1.82, 2.24) is 14.5 Å². The van der Waals surface area contributed by atoms with Gasteiger partial charge in [0.25, 0.3) is 0 Å². The first kappa shape index (κ1) is 20.7. The molecule has 0 N–H and O–H groups in total. The summed E-state index contributed by atoms with van der Waals surface area (Å²) >= 11 is 8.25. The second kappa shape index (κ2) is 8.03. The van der Waals surface area contributed by atoms with Crippen LogP contribution in [0.3, 0.4) is 0 Å². The highest BCUT2D eigenvalue weighted by Crippen LogP contribution is 2.49. The summed E-state index contributed by atoms with van der Waals surface area (Å²) in [6, 6.07) is 15.2. The predicted octanol–water partition coefficient (Wildman–Crippen LogP) is 6.43. The van der Waals surface area contributed by atoms with Gasteiger partial charge >= 0.3 is 0 Å². The van der Waals surface area contributed by atoms with Crippen LogP contribution in [0.2, 0.25) is 5.02 Å². The predicted molar refractivity (Wildman–Crippen MR) is 131 cm³/mol. The van der Waals surface area contributed by atoms with Gasteiger partial charge in [-0.05, 0) is 68.7 Å². The smallest absolute Gasteiger partial charge is 0.160 e. The van der Waals surface area contributed by atoms with Crippen molar-refractivity contribution in [3.8, 4) is 5.69 Å². The van der Waals surface area contributed by atoms with E-state index in [0.29, 0.717) is 6.04 Å². The monoisotopic (exact) mass is 450 g/mol. The third-order valence-electron chi connectivity index (χ3n) is 6.53. The molecule has 0 bridgehead atoms. The number of rotatable bonds is 4. The Labute approximate surface area is 193 Å². The van der Waals surface area contributed by atoms with Crippen molar-refractivity contribution in [2.24, 2.45) is 4.99 Å². The Balaban J connectivity index is 1.66. The molecule has 4 heterocycles. The van der Waals surface area contributed by atoms with Crippen LogP contribution < -0.4 is 0 Å². The SMILES string of the molecule is CC[C@@H]1CSC2=N[C@@H](c3ccccn3)[C@H](c3cc(C)n(-c4cc(Cl)ccc4C)c3C)N21. The number of aliphatic imine (C=N–C) groups is 1. The lowest BCUT2D eigenvalue weighted by atomic mass is 9.95. The molecule has 0 saturated carbocycles. The minimum absolute atomic E-state index is 0.00691. The molecule has 2 aromatic heterocycles. The fraction of sp³-hybridized carbons (Fsp3) is 0.360. The first-order valence-electron chi connectivity index (χ1n) is 10.8. The maximum atomic E-state index is 6.37. The fourth-order valence-corrected chi connectivity index (χ4v) is 6.47. The summed E-state index contributed by atoms with van der Waals surface area (Å²) in [5.41, 5.74) is 7.18. The van der Waals surface area contributed by atoms with E-state index in [4.69, 9.17) is 21.6 Å². The van der Waals surface area contributed by atoms with E-state index >= 15 is 0 Å². The lowest BCUT2D eigenvalue weighted by Crippen LogP contribution is -2.35. The van der Waals surface area contributed by atoms with Crippen LogP contribution in [0.15, 0.2) is 53.7 Å². The summed E-state index contributed by atoms with van der Waals surface area (Å²) in [7, 11) is 0. The van der Waals surface area contributed by atoms with Gasteiger partial charge < -0.3 is 9.47 Å². The zero-order valence-corrected chi connectivity index (χ0v) is 19.9. The van der Waals surface area contributed by atoms with Crippen molar-refractivity contribution < 1.29 is 0 Å². The number of pyridine rings is 1. The molecule has 2 aliphatic rings. The van der Waals surface area contributed by atoms with Gasteiger partial charge in [0, 0.05) is 40.1 Å². The standard InChI is InChI=1S/C25H27ClN4S/c1-5-19-14-31-25-28-23(21-8-6-7-11-27-21)24(30(19)25)20-12-16(3)29(17(20)4)22-13-18(26)10-9-15(22)2/h6-13,19,23-24H,5,14H2,1-4H3/t19-,23+,24+/m1/s1. The van der Waals surface area contributed by atoms with Gasteiger partial charge in [0.1, 0.15) is 6.04 Å². The van der Waals surface area contributed by atoms with Gasteiger partial charge in [-0.2, -0.15) is 0 Å². The zero-order chi connectivity index (χ0) is 21.7. The number of benzene rings is 1. The maximum absolute atomic E-state index is 6.37. The van der Waals surface area contributed by atoms with E-state index in [1.165, 1.54) is 22.5 Å². The van der Waals surface area contributed by atoms with Crippen LogP contribution in [-0.4, -0.2) is 31.4 Å². The average molecular weight is 451 g/mol. The van der Waals surface area contributed by atoms with Crippen molar-refractivity contribution in [1.29, 1.82) is 0 Å². The Hall–Kier alpha value is -2.24. The molecule has 31 heavy (non-hydrogen) atoms. The number of fused-ring (bicyclic) bond motifs is 1. The quantitative estimate of drug-likeness (QED) is 0.459. The Bertz CT molecular complexity index is 1150. The highest BCUT2D eigenvalue weighted by molar-refractivity contribution is 8.14. The second-order valence-electron chi connectivity index (χ2n) is 8.43. The summed E-state index contributed by atoms with van der Waals surface area (Å²) in [4.78, 5) is 12.4. The molecule has 160 valence electrons. The minimum atomic E-state index is 0.00691. The first-order chi connectivity index (χ1) is 15.0. The van der Waals surface area contributed by atoms with Crippen molar-refractivity contribution in [2.75, 3.05) is 5.75 Å². The number of halogens is 1. The lowest BCUT2D eigenvalue weighted by molar-refractivity contribution is 0.254. The zero-order valence-electron chi connectivity index (χ0n) is 18.3. The number of amidine groups is 1. The van der Waals surface area contributed by atoms with Gasteiger partial charge in [-0.3, -0.25) is 9.98 Å². The van der Waals surface area contributed by atoms with E-state index in [1.807, 2.05) is 30.1 Å². The number of hydrogen-bond acceptors (Lipinski definition) is 4. The van der Waals surface area contributed by atoms with E-state index in [1.54, 1.807) is 0 Å². The van der Waals surface area contributed by atoms with Gasteiger partial charge in [0.05, 0.1) is 11.7 Å². The summed E-state index contributed by atoms with van der Waals surface area (Å²) in [6.07, 6.45) is 2.99. The normalized spacial score (nSPS) is 22.7. The van der Waals surface area contributed by atoms with Gasteiger partial charge in [-0.1, -0.05) is 42.4 Å². The van der Waals surface area contributed by atoms with Gasteiger partial charge in [0.15, 0.2) is 5.17 Å². The molecular weight excluding hydrogens is 424 g/mol. The minimum Gasteiger partial charge on any atom is -0.338 e. The van der Waals surface area contributed by atoms with E-state index in [-0.39, 0.29) is 12.1 Å². The first-order valence-corrected chi connectivity index (χ1v) is 12.2. The second-order valence-corrected chi connectivity index (χ2v) is 9.85. The van der Waals surface area contributed by atoms with Crippen molar-refractivity contribution >= 4 is 28.5 Å². The van der Waals surface area contributed by atoms with E-state index in [0.717, 1.165) is 33.7 Å². The number of aryl methyl sites for hydroxylation is 2. The molecule has 3 aromatic rings. The molecule has 5 rings (SSSR count). The topological polar surface area (TPSA) is 33.4 Å². The molecule has 3 atom stereocenters. The molecule has 0 spiro atoms. The van der Waals surface area contributed by atoms with Crippen LogP contribution in [0.25, 0.3) is 5.69 Å². The highest BCUT2D eigenvalue weighted by Gasteiger charge is 2.46. The number of aromatic nitrogens is 2. The van der Waals surface area contributed by atoms with Crippen LogP contribution in [0.5, 0.6) is 0 Å². The van der Waals surface area contributed by atoms with Gasteiger partial charge in [-0.15, -0.1) is 0 Å². The lowest BCUT2D eigenvalue weighted by Gasteiger charge is -2.32. The molecule has 1 fully saturated rings. The highest BCUT2D eigenvalue weighted by atomic mass is 35.5. The van der Waals surface area contributed by atoms with Crippen LogP contribution in [0.4, 0.5) is 0 Å². The third kappa shape index (κ3) is 3.39. The average Bonchev–Trinajstić information content (AvgIpc) is 3.42. The van der Waals surface area contributed by atoms with E-state index in [2.05, 4.69) is 67.5 Å². The Morgan fingerprint density at radius 3 is 2.71 bits per heavy atom. The summed E-state index contributed by atoms with van der Waals surface area (Å²) in [5.74, 6) is 1.10. The summed E-state index contributed by atoms with van der Waals surface area (Å²) in [5, 5.41) is 1.92. The van der Waals surface area contributed by atoms with Crippen LogP contribution in [0.1, 0.15) is 53.6 Å². The Morgan fingerprint density at radius 2 is 1.97 bits per heavy atom. The summed E-state index contributed by atoms with van der Waals surface area (Å²) < 4.78 is 2.34. The van der Waals surface area contributed by atoms with Gasteiger partial charge in [-0.25, -0.2) is 0 Å². The maximum Gasteiger partial charge on any atom is 0.160 e. The molecular formula is C25H27ClN4S. The van der Waals surface area contributed by atoms with Crippen LogP contribution >= 0.6 is 23.4 Å². The molecule has 6 heteroatoms. The fourth-order valence-electron chi connectivity index (χ4n) is 4.97. The van der Waals surface area contributed by atoms with E-state index < -0.39 is 0 Å². The van der Waals surface area contributed by atoms with Crippen molar-refractivity contribution in [3.05, 3.63) is 81.9 Å².